The Morgan fingerprint density at radius 3 is 2.48 bits per heavy atom. The number of carbonyl (C=O) groups excluding carboxylic acids is 1. The van der Waals surface area contributed by atoms with E-state index in [0.717, 1.165) is 28.2 Å². The van der Waals surface area contributed by atoms with Crippen LogP contribution in [-0.4, -0.2) is 30.7 Å². The lowest BCUT2D eigenvalue weighted by Crippen LogP contribution is -2.28. The third-order valence-electron chi connectivity index (χ3n) is 4.49. The van der Waals surface area contributed by atoms with Crippen molar-refractivity contribution in [2.45, 2.75) is 13.3 Å². The Morgan fingerprint density at radius 2 is 1.81 bits per heavy atom. The zero-order chi connectivity index (χ0) is 19.2. The summed E-state index contributed by atoms with van der Waals surface area (Å²) in [7, 11) is 1.62. The molecule has 0 aliphatic carbocycles. The van der Waals surface area contributed by atoms with Gasteiger partial charge in [0.15, 0.2) is 0 Å². The SMILES string of the molecule is COCCNC(=O)Cc1cc(-c2ccc(Cl)cc2)n(-c2ccccc2)c1C. The predicted octanol–water partition coefficient (Wildman–Crippen LogP) is 4.41. The molecule has 0 fully saturated rings. The van der Waals surface area contributed by atoms with Gasteiger partial charge in [0.2, 0.25) is 5.91 Å². The fraction of sp³-hybridized carbons (Fsp3) is 0.227. The molecule has 0 unspecified atom stereocenters. The molecule has 4 nitrogen and oxygen atoms in total. The number of amides is 1. The van der Waals surface area contributed by atoms with Crippen molar-refractivity contribution >= 4 is 17.5 Å². The van der Waals surface area contributed by atoms with Crippen molar-refractivity contribution in [3.63, 3.8) is 0 Å². The lowest BCUT2D eigenvalue weighted by atomic mass is 10.1. The Balaban J connectivity index is 1.99. The van der Waals surface area contributed by atoms with E-state index in [1.807, 2.05) is 49.4 Å². The standard InChI is InChI=1S/C22H23ClN2O2/c1-16-18(15-22(26)24-12-13-27-2)14-21(17-8-10-19(23)11-9-17)25(16)20-6-4-3-5-7-20/h3-11,14H,12-13,15H2,1-2H3,(H,24,26). The largest absolute Gasteiger partial charge is 0.383 e. The summed E-state index contributed by atoms with van der Waals surface area (Å²) in [6, 6.07) is 20.0. The van der Waals surface area contributed by atoms with Crippen LogP contribution in [0.3, 0.4) is 0 Å². The first-order chi connectivity index (χ1) is 13.1. The van der Waals surface area contributed by atoms with Crippen LogP contribution in [0.15, 0.2) is 60.7 Å². The van der Waals surface area contributed by atoms with Gasteiger partial charge in [-0.25, -0.2) is 0 Å². The van der Waals surface area contributed by atoms with Crippen LogP contribution in [0.2, 0.25) is 5.02 Å². The van der Waals surface area contributed by atoms with Gasteiger partial charge in [0, 0.05) is 30.1 Å². The van der Waals surface area contributed by atoms with E-state index in [4.69, 9.17) is 16.3 Å². The first-order valence-electron chi connectivity index (χ1n) is 8.88. The normalized spacial score (nSPS) is 10.8. The molecule has 0 saturated heterocycles. The molecule has 1 N–H and O–H groups in total. The third-order valence-corrected chi connectivity index (χ3v) is 4.74. The quantitative estimate of drug-likeness (QED) is 0.615. The smallest absolute Gasteiger partial charge is 0.224 e. The molecule has 0 spiro atoms. The Hall–Kier alpha value is -2.56. The zero-order valence-corrected chi connectivity index (χ0v) is 16.3. The van der Waals surface area contributed by atoms with Gasteiger partial charge in [0.05, 0.1) is 18.7 Å². The predicted molar refractivity (Wildman–Crippen MR) is 110 cm³/mol. The van der Waals surface area contributed by atoms with E-state index in [-0.39, 0.29) is 5.91 Å². The minimum atomic E-state index is -0.0111. The summed E-state index contributed by atoms with van der Waals surface area (Å²) in [6.07, 6.45) is 0.329. The number of rotatable bonds is 7. The van der Waals surface area contributed by atoms with Crippen LogP contribution in [0.5, 0.6) is 0 Å². The maximum absolute atomic E-state index is 12.3. The summed E-state index contributed by atoms with van der Waals surface area (Å²) in [6.45, 7) is 3.06. The van der Waals surface area contributed by atoms with Gasteiger partial charge in [-0.1, -0.05) is 41.9 Å². The average Bonchev–Trinajstić information content (AvgIpc) is 2.99. The molecule has 0 bridgehead atoms. The van der Waals surface area contributed by atoms with Crippen molar-refractivity contribution in [2.75, 3.05) is 20.3 Å². The Labute approximate surface area is 164 Å². The van der Waals surface area contributed by atoms with E-state index >= 15 is 0 Å². The summed E-state index contributed by atoms with van der Waals surface area (Å²) < 4.78 is 7.17. The van der Waals surface area contributed by atoms with E-state index in [0.29, 0.717) is 24.6 Å². The molecule has 3 aromatic rings. The molecular weight excluding hydrogens is 360 g/mol. The second kappa shape index (κ2) is 8.89. The van der Waals surface area contributed by atoms with Crippen molar-refractivity contribution < 1.29 is 9.53 Å². The second-order valence-electron chi connectivity index (χ2n) is 6.34. The number of hydrogen-bond donors (Lipinski definition) is 1. The third kappa shape index (κ3) is 4.59. The van der Waals surface area contributed by atoms with Gasteiger partial charge in [0.25, 0.3) is 0 Å². The Kier molecular flexibility index (Phi) is 6.32. The first-order valence-corrected chi connectivity index (χ1v) is 9.26. The van der Waals surface area contributed by atoms with E-state index in [1.54, 1.807) is 7.11 Å². The second-order valence-corrected chi connectivity index (χ2v) is 6.77. The molecule has 0 atom stereocenters. The number of aromatic nitrogens is 1. The van der Waals surface area contributed by atoms with E-state index in [9.17, 15) is 4.79 Å². The summed E-state index contributed by atoms with van der Waals surface area (Å²) in [5.41, 5.74) is 5.20. The maximum Gasteiger partial charge on any atom is 0.224 e. The minimum absolute atomic E-state index is 0.0111. The molecule has 1 aromatic heterocycles. The van der Waals surface area contributed by atoms with E-state index in [1.165, 1.54) is 0 Å². The molecule has 140 valence electrons. The van der Waals surface area contributed by atoms with Crippen LogP contribution in [0.1, 0.15) is 11.3 Å². The summed E-state index contributed by atoms with van der Waals surface area (Å²) in [5.74, 6) is -0.0111. The number of ether oxygens (including phenoxy) is 1. The molecule has 1 amide bonds. The lowest BCUT2D eigenvalue weighted by molar-refractivity contribution is -0.120. The fourth-order valence-electron chi connectivity index (χ4n) is 3.11. The molecule has 0 radical (unpaired) electrons. The van der Waals surface area contributed by atoms with Crippen LogP contribution in [0.4, 0.5) is 0 Å². The summed E-state index contributed by atoms with van der Waals surface area (Å²) in [5, 5.41) is 3.58. The number of carbonyl (C=O) groups is 1. The Morgan fingerprint density at radius 1 is 1.11 bits per heavy atom. The molecule has 0 saturated carbocycles. The number of para-hydroxylation sites is 1. The number of hydrogen-bond acceptors (Lipinski definition) is 2. The van der Waals surface area contributed by atoms with Crippen molar-refractivity contribution in [3.05, 3.63) is 76.9 Å². The summed E-state index contributed by atoms with van der Waals surface area (Å²) in [4.78, 5) is 12.3. The highest BCUT2D eigenvalue weighted by Gasteiger charge is 2.17. The van der Waals surface area contributed by atoms with Crippen LogP contribution >= 0.6 is 11.6 Å². The first kappa shape index (κ1) is 19.2. The van der Waals surface area contributed by atoms with Crippen LogP contribution in [0, 0.1) is 6.92 Å². The van der Waals surface area contributed by atoms with Gasteiger partial charge in [-0.2, -0.15) is 0 Å². The lowest BCUT2D eigenvalue weighted by Gasteiger charge is -2.12. The zero-order valence-electron chi connectivity index (χ0n) is 15.5. The monoisotopic (exact) mass is 382 g/mol. The van der Waals surface area contributed by atoms with Crippen LogP contribution in [-0.2, 0) is 16.0 Å². The average molecular weight is 383 g/mol. The van der Waals surface area contributed by atoms with Gasteiger partial charge in [-0.15, -0.1) is 0 Å². The highest BCUT2D eigenvalue weighted by Crippen LogP contribution is 2.30. The van der Waals surface area contributed by atoms with Gasteiger partial charge >= 0.3 is 0 Å². The molecule has 0 aliphatic rings. The van der Waals surface area contributed by atoms with Crippen molar-refractivity contribution in [3.8, 4) is 16.9 Å². The number of benzene rings is 2. The van der Waals surface area contributed by atoms with Gasteiger partial charge < -0.3 is 14.6 Å². The highest BCUT2D eigenvalue weighted by molar-refractivity contribution is 6.30. The van der Waals surface area contributed by atoms with Crippen LogP contribution < -0.4 is 5.32 Å². The number of nitrogens with zero attached hydrogens (tertiary/aromatic N) is 1. The van der Waals surface area contributed by atoms with E-state index < -0.39 is 0 Å². The molecule has 3 rings (SSSR count). The summed E-state index contributed by atoms with van der Waals surface area (Å²) >= 11 is 6.05. The van der Waals surface area contributed by atoms with E-state index in [2.05, 4.69) is 28.1 Å². The molecule has 5 heteroatoms. The molecule has 27 heavy (non-hydrogen) atoms. The topological polar surface area (TPSA) is 43.3 Å². The number of methoxy groups -OCH3 is 1. The minimum Gasteiger partial charge on any atom is -0.383 e. The van der Waals surface area contributed by atoms with Crippen molar-refractivity contribution in [2.24, 2.45) is 0 Å². The molecule has 2 aromatic carbocycles. The maximum atomic E-state index is 12.3. The van der Waals surface area contributed by atoms with Gasteiger partial charge in [0.1, 0.15) is 0 Å². The molecular formula is C22H23ClN2O2. The van der Waals surface area contributed by atoms with Gasteiger partial charge in [-0.05, 0) is 48.4 Å². The Bertz CT molecular complexity index is 902. The molecule has 1 heterocycles. The number of halogens is 1. The van der Waals surface area contributed by atoms with Crippen LogP contribution in [0.25, 0.3) is 16.9 Å². The van der Waals surface area contributed by atoms with Crippen molar-refractivity contribution in [1.29, 1.82) is 0 Å². The fourth-order valence-corrected chi connectivity index (χ4v) is 3.23. The number of nitrogens with one attached hydrogen (secondary N) is 1. The van der Waals surface area contributed by atoms with Crippen molar-refractivity contribution in [1.82, 2.24) is 9.88 Å². The van der Waals surface area contributed by atoms with Gasteiger partial charge in [-0.3, -0.25) is 4.79 Å². The molecule has 0 aliphatic heterocycles. The highest BCUT2D eigenvalue weighted by atomic mass is 35.5.